The lowest BCUT2D eigenvalue weighted by molar-refractivity contribution is -0.137. The summed E-state index contributed by atoms with van der Waals surface area (Å²) in [5, 5.41) is 5.30. The van der Waals surface area contributed by atoms with E-state index in [1.54, 1.807) is 12.1 Å². The molecule has 2 N–H and O–H groups in total. The third kappa shape index (κ3) is 6.62. The van der Waals surface area contributed by atoms with E-state index in [0.717, 1.165) is 17.0 Å². The van der Waals surface area contributed by atoms with E-state index in [0.29, 0.717) is 4.88 Å². The molecule has 1 amide bonds. The Morgan fingerprint density at radius 2 is 1.88 bits per heavy atom. The number of anilines is 2. The number of carbonyl (C=O) groups excluding carboxylic acids is 3. The molecule has 0 aliphatic heterocycles. The molecule has 0 atom stereocenters. The van der Waals surface area contributed by atoms with Crippen LogP contribution in [0.25, 0.3) is 0 Å². The van der Waals surface area contributed by atoms with Crippen LogP contribution >= 0.6 is 11.3 Å². The van der Waals surface area contributed by atoms with Crippen molar-refractivity contribution in [1.82, 2.24) is 10.3 Å². The van der Waals surface area contributed by atoms with Crippen LogP contribution in [0.4, 0.5) is 24.7 Å². The van der Waals surface area contributed by atoms with Gasteiger partial charge in [0.05, 0.1) is 17.0 Å². The van der Waals surface area contributed by atoms with E-state index in [1.165, 1.54) is 48.7 Å². The summed E-state index contributed by atoms with van der Waals surface area (Å²) in [7, 11) is 0. The predicted molar refractivity (Wildman–Crippen MR) is 115 cm³/mol. The van der Waals surface area contributed by atoms with Crippen LogP contribution in [0.3, 0.4) is 0 Å². The largest absolute Gasteiger partial charge is 0.454 e. The third-order valence-electron chi connectivity index (χ3n) is 4.26. The second-order valence-electron chi connectivity index (χ2n) is 6.78. The zero-order valence-corrected chi connectivity index (χ0v) is 18.0. The van der Waals surface area contributed by atoms with Gasteiger partial charge in [-0.2, -0.15) is 13.2 Å². The SMILES string of the molecule is CC(=O)NCc1ccc(C(=O)COC(=O)c2cccnc2Nc2cccc(C(F)(F)F)c2)s1. The van der Waals surface area contributed by atoms with E-state index in [9.17, 15) is 27.6 Å². The molecule has 172 valence electrons. The highest BCUT2D eigenvalue weighted by molar-refractivity contribution is 7.14. The van der Waals surface area contributed by atoms with Crippen molar-refractivity contribution in [3.63, 3.8) is 0 Å². The Bertz CT molecular complexity index is 1180. The minimum absolute atomic E-state index is 0.0111. The number of carbonyl (C=O) groups is 3. The van der Waals surface area contributed by atoms with Crippen LogP contribution in [-0.2, 0) is 22.3 Å². The van der Waals surface area contributed by atoms with Gasteiger partial charge in [0.25, 0.3) is 0 Å². The lowest BCUT2D eigenvalue weighted by atomic mass is 10.2. The maximum absolute atomic E-state index is 12.9. The number of ether oxygens (including phenoxy) is 1. The number of nitrogens with zero attached hydrogens (tertiary/aromatic N) is 1. The van der Waals surface area contributed by atoms with Gasteiger partial charge in [0.1, 0.15) is 11.4 Å². The summed E-state index contributed by atoms with van der Waals surface area (Å²) in [6.07, 6.45) is -3.16. The lowest BCUT2D eigenvalue weighted by Crippen LogP contribution is -2.18. The molecular formula is C22H18F3N3O4S. The number of aromatic nitrogens is 1. The molecular weight excluding hydrogens is 459 g/mol. The van der Waals surface area contributed by atoms with Crippen molar-refractivity contribution < 1.29 is 32.3 Å². The number of alkyl halides is 3. The zero-order chi connectivity index (χ0) is 24.0. The zero-order valence-electron chi connectivity index (χ0n) is 17.2. The molecule has 0 fully saturated rings. The van der Waals surface area contributed by atoms with Crippen LogP contribution in [0.1, 0.15) is 37.4 Å². The Balaban J connectivity index is 1.66. The van der Waals surface area contributed by atoms with Gasteiger partial charge < -0.3 is 15.4 Å². The number of pyridine rings is 1. The quantitative estimate of drug-likeness (QED) is 0.364. The van der Waals surface area contributed by atoms with E-state index >= 15 is 0 Å². The summed E-state index contributed by atoms with van der Waals surface area (Å²) in [5.74, 6) is -1.50. The number of Topliss-reactive ketones (excluding diaryl/α,β-unsaturated/α-hetero) is 1. The van der Waals surface area contributed by atoms with Gasteiger partial charge in [-0.25, -0.2) is 9.78 Å². The molecule has 3 rings (SSSR count). The minimum atomic E-state index is -4.52. The Labute approximate surface area is 190 Å². The summed E-state index contributed by atoms with van der Waals surface area (Å²) in [4.78, 5) is 41.0. The molecule has 1 aromatic carbocycles. The monoisotopic (exact) mass is 477 g/mol. The summed E-state index contributed by atoms with van der Waals surface area (Å²) < 4.78 is 43.9. The normalized spacial score (nSPS) is 11.0. The first-order valence-corrected chi connectivity index (χ1v) is 10.4. The van der Waals surface area contributed by atoms with Gasteiger partial charge >= 0.3 is 12.1 Å². The van der Waals surface area contributed by atoms with Crippen molar-refractivity contribution in [2.75, 3.05) is 11.9 Å². The van der Waals surface area contributed by atoms with Crippen molar-refractivity contribution in [3.05, 3.63) is 75.6 Å². The highest BCUT2D eigenvalue weighted by Crippen LogP contribution is 2.31. The molecule has 0 bridgehead atoms. The lowest BCUT2D eigenvalue weighted by Gasteiger charge is -2.12. The van der Waals surface area contributed by atoms with Crippen molar-refractivity contribution >= 4 is 40.5 Å². The van der Waals surface area contributed by atoms with Gasteiger partial charge in [-0.15, -0.1) is 11.3 Å². The summed E-state index contributed by atoms with van der Waals surface area (Å²) in [6, 6.07) is 10.6. The van der Waals surface area contributed by atoms with E-state index < -0.39 is 30.1 Å². The van der Waals surface area contributed by atoms with Crippen LogP contribution < -0.4 is 10.6 Å². The third-order valence-corrected chi connectivity index (χ3v) is 5.39. The van der Waals surface area contributed by atoms with E-state index in [2.05, 4.69) is 15.6 Å². The fraction of sp³-hybridized carbons (Fsp3) is 0.182. The molecule has 0 aliphatic rings. The van der Waals surface area contributed by atoms with Crippen LogP contribution in [0.5, 0.6) is 0 Å². The van der Waals surface area contributed by atoms with E-state index in [1.807, 2.05) is 0 Å². The van der Waals surface area contributed by atoms with Crippen LogP contribution in [0, 0.1) is 0 Å². The summed E-state index contributed by atoms with van der Waals surface area (Å²) >= 11 is 1.17. The molecule has 3 aromatic rings. The van der Waals surface area contributed by atoms with Gasteiger partial charge in [-0.05, 0) is 42.5 Å². The standard InChI is InChI=1S/C22H18F3N3O4S/c1-13(29)27-11-16-7-8-19(33-16)18(30)12-32-21(31)17-6-3-9-26-20(17)28-15-5-2-4-14(10-15)22(23,24)25/h2-10H,11-12H2,1H3,(H,26,28)(H,27,29). The number of nitrogens with one attached hydrogen (secondary N) is 2. The average Bonchev–Trinajstić information content (AvgIpc) is 3.25. The predicted octanol–water partition coefficient (Wildman–Crippen LogP) is 4.58. The number of esters is 1. The number of hydrogen-bond acceptors (Lipinski definition) is 7. The first-order valence-electron chi connectivity index (χ1n) is 9.56. The number of amides is 1. The Kier molecular flexibility index (Phi) is 7.44. The molecule has 33 heavy (non-hydrogen) atoms. The molecule has 0 saturated carbocycles. The Morgan fingerprint density at radius 3 is 2.61 bits per heavy atom. The summed E-state index contributed by atoms with van der Waals surface area (Å²) in [6.45, 7) is 1.14. The highest BCUT2D eigenvalue weighted by atomic mass is 32.1. The van der Waals surface area contributed by atoms with Gasteiger partial charge in [0.2, 0.25) is 11.7 Å². The van der Waals surface area contributed by atoms with Crippen molar-refractivity contribution in [2.24, 2.45) is 0 Å². The van der Waals surface area contributed by atoms with Gasteiger partial charge in [-0.3, -0.25) is 9.59 Å². The topological polar surface area (TPSA) is 97.4 Å². The molecule has 2 heterocycles. The summed E-state index contributed by atoms with van der Waals surface area (Å²) in [5.41, 5.74) is -0.814. The number of benzene rings is 1. The Hall–Kier alpha value is -3.73. The Morgan fingerprint density at radius 1 is 1.09 bits per heavy atom. The molecule has 2 aromatic heterocycles. The number of halogens is 3. The van der Waals surface area contributed by atoms with Crippen molar-refractivity contribution in [3.8, 4) is 0 Å². The van der Waals surface area contributed by atoms with Gasteiger partial charge in [-0.1, -0.05) is 6.07 Å². The fourth-order valence-electron chi connectivity index (χ4n) is 2.69. The van der Waals surface area contributed by atoms with Gasteiger partial charge in [0, 0.05) is 23.7 Å². The first kappa shape index (κ1) is 23.9. The molecule has 0 aliphatic carbocycles. The van der Waals surface area contributed by atoms with Crippen LogP contribution in [0.15, 0.2) is 54.7 Å². The smallest absolute Gasteiger partial charge is 0.416 e. The van der Waals surface area contributed by atoms with Crippen molar-refractivity contribution in [1.29, 1.82) is 0 Å². The molecule has 0 spiro atoms. The highest BCUT2D eigenvalue weighted by Gasteiger charge is 2.30. The van der Waals surface area contributed by atoms with Gasteiger partial charge in [0.15, 0.2) is 6.61 Å². The number of rotatable bonds is 8. The minimum Gasteiger partial charge on any atom is -0.454 e. The number of thiophene rings is 1. The first-order chi connectivity index (χ1) is 15.6. The number of hydrogen-bond donors (Lipinski definition) is 2. The molecule has 0 saturated heterocycles. The molecule has 11 heteroatoms. The van der Waals surface area contributed by atoms with E-state index in [4.69, 9.17) is 4.74 Å². The van der Waals surface area contributed by atoms with Crippen LogP contribution in [0.2, 0.25) is 0 Å². The maximum atomic E-state index is 12.9. The van der Waals surface area contributed by atoms with Crippen LogP contribution in [-0.4, -0.2) is 29.3 Å². The average molecular weight is 477 g/mol. The molecule has 0 unspecified atom stereocenters. The number of ketones is 1. The second kappa shape index (κ2) is 10.3. The second-order valence-corrected chi connectivity index (χ2v) is 7.95. The maximum Gasteiger partial charge on any atom is 0.416 e. The molecule has 7 nitrogen and oxygen atoms in total. The van der Waals surface area contributed by atoms with Crippen molar-refractivity contribution in [2.45, 2.75) is 19.6 Å². The van der Waals surface area contributed by atoms with E-state index in [-0.39, 0.29) is 29.5 Å². The fourth-order valence-corrected chi connectivity index (χ4v) is 3.57. The molecule has 0 radical (unpaired) electrons.